The largest absolute Gasteiger partial charge is 0.402 e. The van der Waals surface area contributed by atoms with Gasteiger partial charge < -0.3 is 4.42 Å². The number of nitrogens with zero attached hydrogens (tertiary/aromatic N) is 4. The van der Waals surface area contributed by atoms with E-state index in [4.69, 9.17) is 16.0 Å². The van der Waals surface area contributed by atoms with Crippen LogP contribution in [0.25, 0.3) is 10.8 Å². The van der Waals surface area contributed by atoms with Crippen LogP contribution in [0, 0.1) is 19.8 Å². The molecule has 4 rings (SSSR count). The Morgan fingerprint density at radius 2 is 1.97 bits per heavy atom. The number of hydrogen-bond acceptors (Lipinski definition) is 9. The fourth-order valence-corrected chi connectivity index (χ4v) is 7.17. The lowest BCUT2D eigenvalue weighted by Gasteiger charge is -2.29. The molecule has 30 heavy (non-hydrogen) atoms. The van der Waals surface area contributed by atoms with Gasteiger partial charge in [0, 0.05) is 19.0 Å². The molecule has 160 valence electrons. The van der Waals surface area contributed by atoms with Gasteiger partial charge in [-0.2, -0.15) is 4.31 Å². The molecule has 0 bridgehead atoms. The zero-order chi connectivity index (χ0) is 21.5. The van der Waals surface area contributed by atoms with Gasteiger partial charge in [0.2, 0.25) is 5.91 Å². The monoisotopic (exact) mass is 487 g/mol. The molecule has 1 aliphatic heterocycles. The summed E-state index contributed by atoms with van der Waals surface area (Å²) in [6.07, 6.45) is 0.802. The number of sulfonamides is 1. The summed E-state index contributed by atoms with van der Waals surface area (Å²) >= 11 is 8.32. The first-order valence-electron chi connectivity index (χ1n) is 9.08. The van der Waals surface area contributed by atoms with Crippen molar-refractivity contribution in [3.8, 4) is 10.8 Å². The van der Waals surface area contributed by atoms with Crippen molar-refractivity contribution in [3.63, 3.8) is 0 Å². The van der Waals surface area contributed by atoms with E-state index in [1.807, 2.05) is 13.8 Å². The van der Waals surface area contributed by atoms with Gasteiger partial charge in [-0.05, 0) is 38.8 Å². The van der Waals surface area contributed by atoms with Gasteiger partial charge in [-0.3, -0.25) is 10.1 Å². The summed E-state index contributed by atoms with van der Waals surface area (Å²) in [7, 11) is -3.59. The number of thiophene rings is 1. The number of hydrogen-bond donors (Lipinski definition) is 1. The van der Waals surface area contributed by atoms with E-state index in [1.165, 1.54) is 21.7 Å². The molecular formula is C17H18ClN5O4S3. The molecule has 1 N–H and O–H groups in total. The number of thiazole rings is 1. The first-order chi connectivity index (χ1) is 14.2. The summed E-state index contributed by atoms with van der Waals surface area (Å²) in [6.45, 7) is 4.25. The Balaban J connectivity index is 1.37. The number of aryl methyl sites for hydroxylation is 2. The average Bonchev–Trinajstić information content (AvgIpc) is 3.42. The molecular weight excluding hydrogens is 470 g/mol. The van der Waals surface area contributed by atoms with Crippen LogP contribution < -0.4 is 5.32 Å². The van der Waals surface area contributed by atoms with Gasteiger partial charge in [0.1, 0.15) is 9.09 Å². The minimum atomic E-state index is -3.59. The topological polar surface area (TPSA) is 118 Å². The van der Waals surface area contributed by atoms with Crippen molar-refractivity contribution in [2.75, 3.05) is 18.4 Å². The number of carbonyl (C=O) groups excluding carboxylic acids is 1. The van der Waals surface area contributed by atoms with Crippen LogP contribution >= 0.6 is 34.3 Å². The Kier molecular flexibility index (Phi) is 5.95. The van der Waals surface area contributed by atoms with Crippen molar-refractivity contribution in [1.29, 1.82) is 0 Å². The maximum Gasteiger partial charge on any atom is 0.322 e. The minimum absolute atomic E-state index is 0.0173. The van der Waals surface area contributed by atoms with Crippen molar-refractivity contribution < 1.29 is 17.6 Å². The van der Waals surface area contributed by atoms with Crippen LogP contribution in [-0.4, -0.2) is 46.9 Å². The van der Waals surface area contributed by atoms with Crippen molar-refractivity contribution in [3.05, 3.63) is 27.2 Å². The van der Waals surface area contributed by atoms with E-state index in [2.05, 4.69) is 20.5 Å². The van der Waals surface area contributed by atoms with Gasteiger partial charge in [-0.15, -0.1) is 27.8 Å². The number of aromatic nitrogens is 3. The Labute approximate surface area is 186 Å². The van der Waals surface area contributed by atoms with Crippen molar-refractivity contribution >= 4 is 56.2 Å². The quantitative estimate of drug-likeness (QED) is 0.584. The van der Waals surface area contributed by atoms with Crippen molar-refractivity contribution in [1.82, 2.24) is 19.5 Å². The predicted molar refractivity (Wildman–Crippen MR) is 114 cm³/mol. The van der Waals surface area contributed by atoms with Gasteiger partial charge in [0.05, 0.1) is 15.0 Å². The molecule has 1 amide bonds. The predicted octanol–water partition coefficient (Wildman–Crippen LogP) is 3.56. The molecule has 0 saturated carbocycles. The maximum atomic E-state index is 12.7. The summed E-state index contributed by atoms with van der Waals surface area (Å²) < 4.78 is 32.9. The van der Waals surface area contributed by atoms with Crippen LogP contribution in [0.5, 0.6) is 0 Å². The van der Waals surface area contributed by atoms with Gasteiger partial charge in [-0.1, -0.05) is 16.7 Å². The van der Waals surface area contributed by atoms with E-state index in [9.17, 15) is 13.2 Å². The number of anilines is 1. The Morgan fingerprint density at radius 3 is 2.57 bits per heavy atom. The van der Waals surface area contributed by atoms with Gasteiger partial charge in [0.25, 0.3) is 15.9 Å². The highest BCUT2D eigenvalue weighted by molar-refractivity contribution is 7.91. The van der Waals surface area contributed by atoms with E-state index in [-0.39, 0.29) is 35.1 Å². The molecule has 9 nitrogen and oxygen atoms in total. The van der Waals surface area contributed by atoms with Crippen LogP contribution in [0.4, 0.5) is 6.01 Å². The minimum Gasteiger partial charge on any atom is -0.402 e. The van der Waals surface area contributed by atoms with Gasteiger partial charge >= 0.3 is 6.01 Å². The van der Waals surface area contributed by atoms with E-state index >= 15 is 0 Å². The molecule has 4 heterocycles. The normalized spacial score (nSPS) is 16.1. The highest BCUT2D eigenvalue weighted by atomic mass is 35.5. The first kappa shape index (κ1) is 21.4. The van der Waals surface area contributed by atoms with E-state index < -0.39 is 10.0 Å². The highest BCUT2D eigenvalue weighted by Crippen LogP contribution is 2.32. The number of piperidine rings is 1. The smallest absolute Gasteiger partial charge is 0.322 e. The lowest BCUT2D eigenvalue weighted by Crippen LogP contribution is -2.41. The summed E-state index contributed by atoms with van der Waals surface area (Å²) in [6, 6.07) is 3.08. The second kappa shape index (κ2) is 8.35. The zero-order valence-corrected chi connectivity index (χ0v) is 19.3. The van der Waals surface area contributed by atoms with Crippen LogP contribution in [-0.2, 0) is 14.8 Å². The van der Waals surface area contributed by atoms with Crippen LogP contribution in [0.3, 0.4) is 0 Å². The number of amides is 1. The third-order valence-corrected chi connectivity index (χ3v) is 9.38. The molecule has 0 aliphatic carbocycles. The summed E-state index contributed by atoms with van der Waals surface area (Å²) in [5, 5.41) is 11.4. The molecule has 3 aromatic rings. The van der Waals surface area contributed by atoms with E-state index in [0.29, 0.717) is 23.1 Å². The molecule has 13 heteroatoms. The van der Waals surface area contributed by atoms with Crippen LogP contribution in [0.1, 0.15) is 23.5 Å². The molecule has 1 fully saturated rings. The van der Waals surface area contributed by atoms with Crippen molar-refractivity contribution in [2.45, 2.75) is 30.9 Å². The molecule has 0 spiro atoms. The second-order valence-electron chi connectivity index (χ2n) is 6.79. The maximum absolute atomic E-state index is 12.7. The summed E-state index contributed by atoms with van der Waals surface area (Å²) in [4.78, 5) is 17.7. The Hall–Kier alpha value is -1.86. The molecule has 0 unspecified atom stereocenters. The fourth-order valence-electron chi connectivity index (χ4n) is 3.22. The molecule has 0 radical (unpaired) electrons. The SMILES string of the molecule is Cc1nc(C)c(-c2nnc(NC(=O)C3CCN(S(=O)(=O)c4ccc(Cl)s4)CC3)o2)s1. The molecule has 1 aliphatic rings. The Morgan fingerprint density at radius 1 is 1.23 bits per heavy atom. The van der Waals surface area contributed by atoms with E-state index in [1.54, 1.807) is 6.07 Å². The second-order valence-corrected chi connectivity index (χ2v) is 11.9. The third-order valence-electron chi connectivity index (χ3n) is 4.72. The molecule has 3 aromatic heterocycles. The molecule has 1 saturated heterocycles. The number of halogens is 1. The summed E-state index contributed by atoms with van der Waals surface area (Å²) in [5.74, 6) is -0.298. The number of rotatable bonds is 5. The lowest BCUT2D eigenvalue weighted by molar-refractivity contribution is -0.121. The Bertz CT molecular complexity index is 1180. The van der Waals surface area contributed by atoms with E-state index in [0.717, 1.165) is 26.9 Å². The fraction of sp³-hybridized carbons (Fsp3) is 0.412. The van der Waals surface area contributed by atoms with Gasteiger partial charge in [-0.25, -0.2) is 13.4 Å². The molecule has 0 atom stereocenters. The lowest BCUT2D eigenvalue weighted by atomic mass is 9.97. The molecule has 0 aromatic carbocycles. The highest BCUT2D eigenvalue weighted by Gasteiger charge is 2.33. The summed E-state index contributed by atoms with van der Waals surface area (Å²) in [5.41, 5.74) is 0.791. The van der Waals surface area contributed by atoms with Crippen LogP contribution in [0.15, 0.2) is 20.8 Å². The number of carbonyl (C=O) groups is 1. The first-order valence-corrected chi connectivity index (χ1v) is 12.5. The van der Waals surface area contributed by atoms with Crippen molar-refractivity contribution in [2.24, 2.45) is 5.92 Å². The average molecular weight is 488 g/mol. The standard InChI is InChI=1S/C17H18ClN5O4S3/c1-9-14(28-10(2)19-9)16-21-22-17(27-16)20-15(24)11-5-7-23(8-6-11)30(25,26)13-4-3-12(18)29-13/h3-4,11H,5-8H2,1-2H3,(H,20,22,24). The van der Waals surface area contributed by atoms with Crippen LogP contribution in [0.2, 0.25) is 4.34 Å². The van der Waals surface area contributed by atoms with Gasteiger partial charge in [0.15, 0.2) is 0 Å². The zero-order valence-electron chi connectivity index (χ0n) is 16.1. The number of nitrogens with one attached hydrogen (secondary N) is 1. The third kappa shape index (κ3) is 4.28.